The van der Waals surface area contributed by atoms with E-state index in [1.807, 2.05) is 24.8 Å². The van der Waals surface area contributed by atoms with Gasteiger partial charge in [-0.15, -0.1) is 11.3 Å². The molecule has 2 aromatic carbocycles. The van der Waals surface area contributed by atoms with Crippen molar-refractivity contribution >= 4 is 58.4 Å². The van der Waals surface area contributed by atoms with Crippen LogP contribution >= 0.6 is 11.3 Å². The summed E-state index contributed by atoms with van der Waals surface area (Å²) in [5.41, 5.74) is 0.865. The smallest absolute Gasteiger partial charge is 0.326 e. The molecule has 0 bridgehead atoms. The van der Waals surface area contributed by atoms with Crippen molar-refractivity contribution in [3.8, 4) is 23.3 Å². The number of ether oxygens (including phenoxy) is 1. The summed E-state index contributed by atoms with van der Waals surface area (Å²) in [7, 11) is 1.70. The minimum absolute atomic E-state index is 0.0207. The first kappa shape index (κ1) is 59.4. The number of fused-ring (bicyclic) bond motifs is 6. The Balaban J connectivity index is 0.839. The fourth-order valence-electron chi connectivity index (χ4n) is 14.7. The molecule has 1 heterocycles. The maximum absolute atomic E-state index is 13.7. The van der Waals surface area contributed by atoms with Gasteiger partial charge in [0.1, 0.15) is 36.1 Å². The minimum atomic E-state index is -1.08. The van der Waals surface area contributed by atoms with Gasteiger partial charge in [-0.25, -0.2) is 9.78 Å². The Bertz CT molecular complexity index is 2780. The molecule has 17 heteroatoms. The number of aliphatic hydroxyl groups is 2. The Labute approximate surface area is 459 Å². The molecule has 4 aliphatic carbocycles. The van der Waals surface area contributed by atoms with Crippen molar-refractivity contribution in [3.05, 3.63) is 44.8 Å². The fraction of sp³-hybridized carbons (Fsp3) is 0.667. The van der Waals surface area contributed by atoms with E-state index < -0.39 is 17.4 Å². The van der Waals surface area contributed by atoms with Gasteiger partial charge in [0.15, 0.2) is 5.01 Å². The quantitative estimate of drug-likeness (QED) is 0.0267. The summed E-state index contributed by atoms with van der Waals surface area (Å²) in [5, 5.41) is 69.8. The number of nitrogens with zero attached hydrogens (tertiary/aromatic N) is 4. The number of nitriles is 1. The zero-order valence-corrected chi connectivity index (χ0v) is 47.5. The van der Waals surface area contributed by atoms with Gasteiger partial charge in [-0.1, -0.05) is 47.8 Å². The maximum atomic E-state index is 13.7. The topological polar surface area (TPSA) is 246 Å². The summed E-state index contributed by atoms with van der Waals surface area (Å²) in [6, 6.07) is 6.46. The largest absolute Gasteiger partial charge is 0.507 e. The van der Waals surface area contributed by atoms with E-state index in [4.69, 9.17) is 4.74 Å². The number of phenols is 2. The van der Waals surface area contributed by atoms with Gasteiger partial charge < -0.3 is 45.8 Å². The van der Waals surface area contributed by atoms with Crippen LogP contribution in [0.3, 0.4) is 0 Å². The third-order valence-corrected chi connectivity index (χ3v) is 20.2. The number of aromatic nitrogens is 1. The second-order valence-electron chi connectivity index (χ2n) is 24.6. The lowest BCUT2D eigenvalue weighted by Gasteiger charge is -2.62. The number of phenolic OH excluding ortho intramolecular Hbond substituents is 2. The van der Waals surface area contributed by atoms with Crippen molar-refractivity contribution < 1.29 is 49.4 Å². The molecule has 77 heavy (non-hydrogen) atoms. The van der Waals surface area contributed by atoms with Crippen LogP contribution in [-0.2, 0) is 24.6 Å². The van der Waals surface area contributed by atoms with E-state index in [1.54, 1.807) is 31.0 Å². The first-order valence-electron chi connectivity index (χ1n) is 28.2. The van der Waals surface area contributed by atoms with E-state index in [1.165, 1.54) is 11.3 Å². The van der Waals surface area contributed by atoms with E-state index in [0.717, 1.165) is 56.1 Å². The third-order valence-electron chi connectivity index (χ3n) is 19.2. The predicted molar refractivity (Wildman–Crippen MR) is 298 cm³/mol. The van der Waals surface area contributed by atoms with E-state index in [9.17, 15) is 50.0 Å². The lowest BCUT2D eigenvalue weighted by atomic mass is 9.43. The summed E-state index contributed by atoms with van der Waals surface area (Å²) < 4.78 is 7.00. The number of likely N-dealkylation sites (N-methyl/N-ethyl adjacent to an activating group) is 1. The van der Waals surface area contributed by atoms with Crippen molar-refractivity contribution in [3.63, 3.8) is 0 Å². The number of carboxylic acids is 1. The van der Waals surface area contributed by atoms with Crippen LogP contribution in [0, 0.1) is 64.6 Å². The first-order chi connectivity index (χ1) is 36.4. The SMILES string of the molecule is C=c1c(C)c(O)c(=C)c(C(C)(C)CC(=O)N(C)CCN(CCCC(=O)NCCCCC(NC(=O)CCC(C)C2CCC3C4C(O)CC5CC(O)CCC5(C)C4CCC23C)C(=O)O)COc2ccc3nc(C#N)sc3c2)c1O. The molecule has 4 aliphatic rings. The molecule has 4 saturated carbocycles. The van der Waals surface area contributed by atoms with Gasteiger partial charge in [-0.2, -0.15) is 5.26 Å². The Morgan fingerprint density at radius 3 is 2.39 bits per heavy atom. The Morgan fingerprint density at radius 2 is 1.66 bits per heavy atom. The average molecular weight is 1080 g/mol. The highest BCUT2D eigenvalue weighted by Gasteiger charge is 2.63. The zero-order valence-electron chi connectivity index (χ0n) is 46.7. The van der Waals surface area contributed by atoms with Crippen molar-refractivity contribution in [1.29, 1.82) is 5.26 Å². The van der Waals surface area contributed by atoms with Gasteiger partial charge in [-0.05, 0) is 155 Å². The molecular formula is C60H86N6O10S. The minimum Gasteiger partial charge on any atom is -0.507 e. The Hall–Kier alpha value is -5.28. The molecule has 3 amide bonds. The molecule has 11 atom stereocenters. The number of aliphatic carboxylic acids is 1. The Morgan fingerprint density at radius 1 is 0.935 bits per heavy atom. The second-order valence-corrected chi connectivity index (χ2v) is 25.6. The molecule has 7 rings (SSSR count). The van der Waals surface area contributed by atoms with Gasteiger partial charge in [0.2, 0.25) is 17.7 Å². The zero-order chi connectivity index (χ0) is 56.1. The summed E-state index contributed by atoms with van der Waals surface area (Å²) >= 11 is 1.27. The lowest BCUT2D eigenvalue weighted by molar-refractivity contribution is -0.174. The number of amides is 3. The highest BCUT2D eigenvalue weighted by atomic mass is 32.1. The van der Waals surface area contributed by atoms with Gasteiger partial charge in [0.05, 0.1) is 22.4 Å². The summed E-state index contributed by atoms with van der Waals surface area (Å²) in [6.07, 6.45) is 10.2. The van der Waals surface area contributed by atoms with Gasteiger partial charge in [-0.3, -0.25) is 19.3 Å². The predicted octanol–water partition coefficient (Wildman–Crippen LogP) is 7.22. The highest BCUT2D eigenvalue weighted by Crippen LogP contribution is 2.68. The molecule has 0 saturated heterocycles. The van der Waals surface area contributed by atoms with E-state index in [-0.39, 0.29) is 107 Å². The number of aliphatic hydroxyl groups excluding tert-OH is 2. The monoisotopic (exact) mass is 1080 g/mol. The molecule has 4 fully saturated rings. The van der Waals surface area contributed by atoms with Crippen molar-refractivity contribution in [2.45, 2.75) is 168 Å². The molecule has 0 aliphatic heterocycles. The lowest BCUT2D eigenvalue weighted by Crippen LogP contribution is -2.58. The number of nitrogens with one attached hydrogen (secondary N) is 2. The highest BCUT2D eigenvalue weighted by molar-refractivity contribution is 7.19. The summed E-state index contributed by atoms with van der Waals surface area (Å²) in [5.74, 6) is 1.02. The summed E-state index contributed by atoms with van der Waals surface area (Å²) in [6.45, 7) is 22.0. The summed E-state index contributed by atoms with van der Waals surface area (Å²) in [4.78, 5) is 60.2. The van der Waals surface area contributed by atoms with Crippen LogP contribution < -0.4 is 25.8 Å². The van der Waals surface area contributed by atoms with Gasteiger partial charge in [0, 0.05) is 79.5 Å². The molecule has 11 unspecified atom stereocenters. The number of hydrogen-bond donors (Lipinski definition) is 7. The van der Waals surface area contributed by atoms with Gasteiger partial charge >= 0.3 is 5.97 Å². The van der Waals surface area contributed by atoms with E-state index in [2.05, 4.69) is 55.6 Å². The average Bonchev–Trinajstić information content (AvgIpc) is 4.08. The number of unbranched alkanes of at least 4 members (excludes halogenated alkanes) is 1. The number of benzene rings is 2. The number of rotatable bonds is 24. The molecule has 16 nitrogen and oxygen atoms in total. The van der Waals surface area contributed by atoms with Crippen LogP contribution in [0.15, 0.2) is 18.2 Å². The van der Waals surface area contributed by atoms with E-state index >= 15 is 0 Å². The molecule has 3 aromatic rings. The third kappa shape index (κ3) is 13.3. The normalized spacial score (nSPS) is 26.7. The van der Waals surface area contributed by atoms with Crippen LogP contribution in [0.2, 0.25) is 0 Å². The first-order valence-corrected chi connectivity index (χ1v) is 29.0. The van der Waals surface area contributed by atoms with Crippen molar-refractivity contribution in [2.24, 2.45) is 46.3 Å². The fourth-order valence-corrected chi connectivity index (χ4v) is 15.5. The number of hydrogen-bond acceptors (Lipinski definition) is 13. The maximum Gasteiger partial charge on any atom is 0.326 e. The van der Waals surface area contributed by atoms with Crippen LogP contribution in [0.1, 0.15) is 153 Å². The van der Waals surface area contributed by atoms with Crippen LogP contribution in [0.4, 0.5) is 0 Å². The van der Waals surface area contributed by atoms with Gasteiger partial charge in [0.25, 0.3) is 0 Å². The molecule has 0 spiro atoms. The molecular weight excluding hydrogens is 997 g/mol. The molecule has 0 radical (unpaired) electrons. The van der Waals surface area contributed by atoms with Crippen LogP contribution in [0.25, 0.3) is 23.4 Å². The number of carboxylic acid groups (broad SMARTS) is 1. The number of carbonyl (C=O) groups is 4. The van der Waals surface area contributed by atoms with Crippen LogP contribution in [-0.4, -0.2) is 122 Å². The second kappa shape index (κ2) is 24.8. The van der Waals surface area contributed by atoms with Crippen LogP contribution in [0.5, 0.6) is 17.2 Å². The molecule has 1 aromatic heterocycles. The van der Waals surface area contributed by atoms with Crippen molar-refractivity contribution in [2.75, 3.05) is 40.0 Å². The van der Waals surface area contributed by atoms with Crippen molar-refractivity contribution in [1.82, 2.24) is 25.4 Å². The standard InChI is InChI=1S/C60H86N6O10S/c1-35(42-17-18-43-53-44(22-24-60(42,43)8)59(7)23-21-40(67)29-39(59)30-47(53)68)15-20-50(70)63-46(57(74)75)13-10-11-25-62-49(69)14-12-26-66(34-76-41-16-19-45-48(31-41)77-51(33-61)64-45)28-27-65(9)52(71)32-58(5,6)54-38(4)55(72)36(2)37(3)56(54)73/h16,19,31,35,39-40,42-44,46-47,53,67-68,72-73H,3-4,10-15,17-18,20-30,32,34H2,1-2,5-9H3,(H,62,69)(H,63,70)(H,74,75). The number of thiazole rings is 1. The Kier molecular flexibility index (Phi) is 19.1. The number of aromatic hydroxyl groups is 2. The van der Waals surface area contributed by atoms with E-state index in [0.29, 0.717) is 103 Å². The molecule has 422 valence electrons. The number of carbonyl (C=O) groups excluding carboxylic acids is 3. The molecule has 7 N–H and O–H groups in total.